The molecule has 3 saturated heterocycles. The van der Waals surface area contributed by atoms with Gasteiger partial charge in [-0.1, -0.05) is 13.8 Å². The highest BCUT2D eigenvalue weighted by Gasteiger charge is 2.86. The summed E-state index contributed by atoms with van der Waals surface area (Å²) in [7, 11) is 3.47. The lowest BCUT2D eigenvalue weighted by Crippen LogP contribution is -2.64. The fraction of sp³-hybridized carbons (Fsp3) is 1.00. The summed E-state index contributed by atoms with van der Waals surface area (Å²) in [4.78, 5) is 0. The Hall–Kier alpha value is -0.110. The predicted molar refractivity (Wildman–Crippen MR) is 80.3 cm³/mol. The largest absolute Gasteiger partial charge is 0.375 e. The van der Waals surface area contributed by atoms with Crippen LogP contribution in [0.5, 0.6) is 0 Å². The second-order valence-electron chi connectivity index (χ2n) is 7.83. The minimum Gasteiger partial charge on any atom is -0.375 e. The van der Waals surface area contributed by atoms with E-state index in [0.29, 0.717) is 0 Å². The molecule has 0 aromatic rings. The van der Waals surface area contributed by atoms with Crippen LogP contribution in [0.4, 0.5) is 4.39 Å². The summed E-state index contributed by atoms with van der Waals surface area (Å²) in [6.45, 7) is 7.70. The van der Waals surface area contributed by atoms with Gasteiger partial charge in [0.05, 0.1) is 24.3 Å². The summed E-state index contributed by atoms with van der Waals surface area (Å²) in [5.74, 6) is 0. The number of hydrogen-bond donors (Lipinski definition) is 0. The molecular formula is C13H20B2FO5S. The van der Waals surface area contributed by atoms with Gasteiger partial charge in [-0.05, 0) is 20.8 Å². The molecule has 0 bridgehead atoms. The molecule has 0 aliphatic carbocycles. The van der Waals surface area contributed by atoms with Crippen LogP contribution in [-0.4, -0.2) is 69.1 Å². The summed E-state index contributed by atoms with van der Waals surface area (Å²) in [5.41, 5.74) is -4.07. The molecule has 3 heterocycles. The van der Waals surface area contributed by atoms with E-state index in [-0.39, 0.29) is 6.61 Å². The van der Waals surface area contributed by atoms with Crippen LogP contribution < -0.4 is 0 Å². The van der Waals surface area contributed by atoms with Crippen molar-refractivity contribution in [2.45, 2.75) is 67.0 Å². The summed E-state index contributed by atoms with van der Waals surface area (Å²) in [5, 5.41) is -2.70. The highest BCUT2D eigenvalue weighted by atomic mass is 32.2. The van der Waals surface area contributed by atoms with E-state index in [4.69, 9.17) is 22.1 Å². The van der Waals surface area contributed by atoms with Crippen molar-refractivity contribution in [2.75, 3.05) is 13.2 Å². The maximum Gasteiger partial charge on any atom is 0.256 e. The summed E-state index contributed by atoms with van der Waals surface area (Å²) < 4.78 is 56.4. The second-order valence-corrected chi connectivity index (χ2v) is 10.5. The molecule has 1 spiro atoms. The fourth-order valence-electron chi connectivity index (χ4n) is 3.67. The zero-order chi connectivity index (χ0) is 16.8. The van der Waals surface area contributed by atoms with Crippen LogP contribution in [0, 0.1) is 0 Å². The van der Waals surface area contributed by atoms with E-state index < -0.39 is 48.8 Å². The molecule has 3 aliphatic heterocycles. The Bertz CT molecular complexity index is 618. The Morgan fingerprint density at radius 3 is 2.45 bits per heavy atom. The van der Waals surface area contributed by atoms with Crippen LogP contribution in [0.2, 0.25) is 0 Å². The van der Waals surface area contributed by atoms with E-state index in [1.165, 1.54) is 21.1 Å². The zero-order valence-corrected chi connectivity index (χ0v) is 14.3. The van der Waals surface area contributed by atoms with Crippen LogP contribution in [0.15, 0.2) is 0 Å². The van der Waals surface area contributed by atoms with Crippen molar-refractivity contribution in [2.24, 2.45) is 0 Å². The van der Waals surface area contributed by atoms with E-state index in [2.05, 4.69) is 0 Å². The zero-order valence-electron chi connectivity index (χ0n) is 13.5. The molecule has 3 rings (SSSR count). The lowest BCUT2D eigenvalue weighted by atomic mass is 9.43. The number of alkyl halides is 1. The number of halogens is 1. The third kappa shape index (κ3) is 1.63. The number of ether oxygens (including phenoxy) is 3. The molecule has 4 atom stereocenters. The number of hydrogen-bond acceptors (Lipinski definition) is 5. The first kappa shape index (κ1) is 16.7. The highest BCUT2D eigenvalue weighted by Crippen LogP contribution is 2.61. The van der Waals surface area contributed by atoms with Crippen LogP contribution in [-0.2, 0) is 24.0 Å². The van der Waals surface area contributed by atoms with Gasteiger partial charge in [-0.15, -0.1) is 0 Å². The maximum absolute atomic E-state index is 15.6. The van der Waals surface area contributed by atoms with Crippen LogP contribution >= 0.6 is 0 Å². The SMILES string of the molecule is [B][C@]12OCC3(F)[C@@]1([B]C(C)(C)S3(=O)=O)OCC2OC(C)(C)C. The van der Waals surface area contributed by atoms with Crippen molar-refractivity contribution in [3.05, 3.63) is 0 Å². The Balaban J connectivity index is 2.10. The van der Waals surface area contributed by atoms with Crippen molar-refractivity contribution < 1.29 is 27.0 Å². The number of sulfone groups is 1. The van der Waals surface area contributed by atoms with Gasteiger partial charge in [0.25, 0.3) is 5.00 Å². The number of rotatable bonds is 1. The third-order valence-electron chi connectivity index (χ3n) is 4.74. The fourth-order valence-corrected chi connectivity index (χ4v) is 5.72. The van der Waals surface area contributed by atoms with Gasteiger partial charge in [-0.3, -0.25) is 0 Å². The van der Waals surface area contributed by atoms with Crippen molar-refractivity contribution >= 4 is 25.0 Å². The van der Waals surface area contributed by atoms with Gasteiger partial charge in [-0.25, -0.2) is 12.8 Å². The van der Waals surface area contributed by atoms with Gasteiger partial charge in [0.1, 0.15) is 19.5 Å². The molecule has 121 valence electrons. The van der Waals surface area contributed by atoms with E-state index in [0.717, 1.165) is 0 Å². The molecule has 3 aliphatic rings. The van der Waals surface area contributed by atoms with Crippen LogP contribution in [0.1, 0.15) is 34.6 Å². The first-order valence-electron chi connectivity index (χ1n) is 7.27. The van der Waals surface area contributed by atoms with Crippen molar-refractivity contribution in [3.63, 3.8) is 0 Å². The Labute approximate surface area is 132 Å². The Kier molecular flexibility index (Phi) is 3.12. The van der Waals surface area contributed by atoms with Gasteiger partial charge in [0.2, 0.25) is 0 Å². The summed E-state index contributed by atoms with van der Waals surface area (Å²) >= 11 is 0. The molecule has 2 unspecified atom stereocenters. The van der Waals surface area contributed by atoms with Crippen molar-refractivity contribution in [3.8, 4) is 0 Å². The molecule has 0 saturated carbocycles. The lowest BCUT2D eigenvalue weighted by molar-refractivity contribution is -0.118. The van der Waals surface area contributed by atoms with Gasteiger partial charge in [0.15, 0.2) is 17.1 Å². The average Bonchev–Trinajstić information content (AvgIpc) is 2.75. The van der Waals surface area contributed by atoms with E-state index in [1.807, 2.05) is 20.8 Å². The first-order valence-corrected chi connectivity index (χ1v) is 8.76. The minimum absolute atomic E-state index is 0.0262. The summed E-state index contributed by atoms with van der Waals surface area (Å²) in [6, 6.07) is 0. The smallest absolute Gasteiger partial charge is 0.256 e. The second kappa shape index (κ2) is 4.10. The standard InChI is InChI=1S/C13H20B2FO5S/c1-9(2,3)21-8-6-19-13-11(16,7-20-12(8,13)14)22(17,18)10(4,5)15-13/h8H,6-7H2,1-5H3/t8?,11?,12-,13-/m1/s1. The normalized spacial score (nSPS) is 48.7. The molecule has 0 N–H and O–H groups in total. The molecule has 3 fully saturated rings. The molecule has 0 aromatic heterocycles. The lowest BCUT2D eigenvalue weighted by Gasteiger charge is -2.40. The first-order chi connectivity index (χ1) is 9.73. The van der Waals surface area contributed by atoms with Crippen LogP contribution in [0.25, 0.3) is 0 Å². The molecule has 3 radical (unpaired) electrons. The van der Waals surface area contributed by atoms with Crippen LogP contribution in [0.3, 0.4) is 0 Å². The molecule has 9 heteroatoms. The van der Waals surface area contributed by atoms with E-state index in [9.17, 15) is 8.42 Å². The van der Waals surface area contributed by atoms with E-state index >= 15 is 4.39 Å². The minimum atomic E-state index is -4.18. The average molecular weight is 329 g/mol. The summed E-state index contributed by atoms with van der Waals surface area (Å²) in [6.07, 6.45) is -0.759. The van der Waals surface area contributed by atoms with Crippen molar-refractivity contribution in [1.29, 1.82) is 0 Å². The Morgan fingerprint density at radius 1 is 1.32 bits per heavy atom. The highest BCUT2D eigenvalue weighted by molar-refractivity contribution is 7.96. The monoisotopic (exact) mass is 329 g/mol. The molecule has 5 nitrogen and oxygen atoms in total. The topological polar surface area (TPSA) is 61.8 Å². The third-order valence-corrected chi connectivity index (χ3v) is 7.51. The molecule has 22 heavy (non-hydrogen) atoms. The van der Waals surface area contributed by atoms with Gasteiger partial charge in [-0.2, -0.15) is 0 Å². The predicted octanol–water partition coefficient (Wildman–Crippen LogP) is 0.326. The van der Waals surface area contributed by atoms with E-state index in [1.54, 1.807) is 0 Å². The quantitative estimate of drug-likeness (QED) is 0.649. The van der Waals surface area contributed by atoms with Gasteiger partial charge in [0, 0.05) is 4.65 Å². The molecule has 0 aromatic carbocycles. The molecular weight excluding hydrogens is 309 g/mol. The Morgan fingerprint density at radius 2 is 1.91 bits per heavy atom. The molecule has 0 amide bonds. The van der Waals surface area contributed by atoms with Gasteiger partial charge < -0.3 is 14.2 Å². The van der Waals surface area contributed by atoms with Gasteiger partial charge >= 0.3 is 0 Å². The van der Waals surface area contributed by atoms with Crippen molar-refractivity contribution in [1.82, 2.24) is 0 Å². The maximum atomic E-state index is 15.6.